The number of hydrogen-bond acceptors (Lipinski definition) is 1. The van der Waals surface area contributed by atoms with E-state index in [0.717, 1.165) is 12.8 Å². The van der Waals surface area contributed by atoms with Gasteiger partial charge in [0.2, 0.25) is 6.54 Å². The molecule has 0 heterocycles. The van der Waals surface area contributed by atoms with Gasteiger partial charge in [-0.2, -0.15) is 0 Å². The summed E-state index contributed by atoms with van der Waals surface area (Å²) >= 11 is 0. The van der Waals surface area contributed by atoms with Gasteiger partial charge in [-0.25, -0.2) is 6.57 Å². The molecular weight excluding hydrogens is 114 g/mol. The summed E-state index contributed by atoms with van der Waals surface area (Å²) in [6.45, 7) is 9.17. The highest BCUT2D eigenvalue weighted by Gasteiger charge is 2.03. The topological polar surface area (TPSA) is 13.6 Å². The van der Waals surface area contributed by atoms with Gasteiger partial charge in [0.05, 0.1) is 6.10 Å². The average Bonchev–Trinajstić information content (AvgIpc) is 1.91. The number of nitrogens with zero attached hydrogens (tertiary/aromatic N) is 1. The van der Waals surface area contributed by atoms with E-state index in [1.807, 2.05) is 0 Å². The van der Waals surface area contributed by atoms with Crippen molar-refractivity contribution in [3.8, 4) is 0 Å². The summed E-state index contributed by atoms with van der Waals surface area (Å²) in [6, 6.07) is 0. The molecule has 2 heteroatoms. The molecule has 0 fully saturated rings. The third-order valence-electron chi connectivity index (χ3n) is 1.35. The summed E-state index contributed by atoms with van der Waals surface area (Å²) in [5.41, 5.74) is 0. The second-order valence-corrected chi connectivity index (χ2v) is 1.94. The fourth-order valence-electron chi connectivity index (χ4n) is 0.697. The van der Waals surface area contributed by atoms with Crippen molar-refractivity contribution in [2.75, 3.05) is 13.7 Å². The molecule has 0 aliphatic carbocycles. The molecule has 0 rings (SSSR count). The van der Waals surface area contributed by atoms with Crippen molar-refractivity contribution in [1.29, 1.82) is 0 Å². The Hall–Kier alpha value is -0.550. The molecule has 0 aromatic heterocycles. The second kappa shape index (κ2) is 5.58. The van der Waals surface area contributed by atoms with Crippen molar-refractivity contribution < 1.29 is 4.74 Å². The summed E-state index contributed by atoms with van der Waals surface area (Å²) in [4.78, 5) is 3.24. The summed E-state index contributed by atoms with van der Waals surface area (Å²) in [5, 5.41) is 0. The maximum Gasteiger partial charge on any atom is 0.217 e. The minimum atomic E-state index is 0.291. The highest BCUT2D eigenvalue weighted by atomic mass is 16.5. The summed E-state index contributed by atoms with van der Waals surface area (Å²) in [6.07, 6.45) is 2.17. The van der Waals surface area contributed by atoms with Gasteiger partial charge in [-0.15, -0.1) is 0 Å². The zero-order valence-electron chi connectivity index (χ0n) is 6.05. The van der Waals surface area contributed by atoms with Crippen LogP contribution in [0.1, 0.15) is 19.8 Å². The number of methoxy groups -OCH3 is 1. The molecule has 0 N–H and O–H groups in total. The van der Waals surface area contributed by atoms with Crippen molar-refractivity contribution in [2.45, 2.75) is 25.9 Å². The van der Waals surface area contributed by atoms with Crippen molar-refractivity contribution in [1.82, 2.24) is 0 Å². The van der Waals surface area contributed by atoms with Crippen molar-refractivity contribution in [3.63, 3.8) is 0 Å². The van der Waals surface area contributed by atoms with Crippen LogP contribution in [0, 0.1) is 6.57 Å². The van der Waals surface area contributed by atoms with Gasteiger partial charge in [0, 0.05) is 13.5 Å². The summed E-state index contributed by atoms with van der Waals surface area (Å²) in [5.74, 6) is 0. The lowest BCUT2D eigenvalue weighted by Crippen LogP contribution is -2.09. The van der Waals surface area contributed by atoms with Gasteiger partial charge in [-0.3, -0.25) is 0 Å². The van der Waals surface area contributed by atoms with Crippen LogP contribution < -0.4 is 0 Å². The third kappa shape index (κ3) is 3.99. The predicted molar refractivity (Wildman–Crippen MR) is 37.2 cm³/mol. The van der Waals surface area contributed by atoms with E-state index in [-0.39, 0.29) is 0 Å². The highest BCUT2D eigenvalue weighted by molar-refractivity contribution is 4.64. The largest absolute Gasteiger partial charge is 0.381 e. The molecule has 0 aromatic carbocycles. The van der Waals surface area contributed by atoms with E-state index in [1.54, 1.807) is 7.11 Å². The zero-order valence-corrected chi connectivity index (χ0v) is 6.05. The van der Waals surface area contributed by atoms with Crippen LogP contribution >= 0.6 is 0 Å². The maximum absolute atomic E-state index is 6.52. The Morgan fingerprint density at radius 2 is 2.33 bits per heavy atom. The summed E-state index contributed by atoms with van der Waals surface area (Å²) in [7, 11) is 1.69. The zero-order chi connectivity index (χ0) is 7.11. The van der Waals surface area contributed by atoms with Gasteiger partial charge in [0.1, 0.15) is 0 Å². The minimum Gasteiger partial charge on any atom is -0.381 e. The lowest BCUT2D eigenvalue weighted by molar-refractivity contribution is 0.0958. The fourth-order valence-corrected chi connectivity index (χ4v) is 0.697. The molecule has 0 amide bonds. The van der Waals surface area contributed by atoms with Gasteiger partial charge >= 0.3 is 0 Å². The van der Waals surface area contributed by atoms with Crippen molar-refractivity contribution in [3.05, 3.63) is 11.4 Å². The molecule has 0 spiro atoms. The molecule has 0 aliphatic heterocycles. The van der Waals surface area contributed by atoms with Crippen LogP contribution in [-0.4, -0.2) is 19.8 Å². The first-order valence-electron chi connectivity index (χ1n) is 3.21. The first-order chi connectivity index (χ1) is 4.35. The Kier molecular flexibility index (Phi) is 5.24. The first-order valence-corrected chi connectivity index (χ1v) is 3.21. The lowest BCUT2D eigenvalue weighted by atomic mass is 10.2. The summed E-state index contributed by atoms with van der Waals surface area (Å²) < 4.78 is 5.06. The van der Waals surface area contributed by atoms with E-state index >= 15 is 0 Å². The molecule has 0 saturated heterocycles. The van der Waals surface area contributed by atoms with Crippen molar-refractivity contribution in [2.24, 2.45) is 0 Å². The molecule has 2 nitrogen and oxygen atoms in total. The van der Waals surface area contributed by atoms with Crippen LogP contribution in [0.25, 0.3) is 4.85 Å². The number of rotatable bonds is 4. The number of hydrogen-bond donors (Lipinski definition) is 0. The molecule has 0 bridgehead atoms. The Morgan fingerprint density at radius 1 is 1.67 bits per heavy atom. The second-order valence-electron chi connectivity index (χ2n) is 1.94. The minimum absolute atomic E-state index is 0.291. The molecule has 0 aromatic rings. The number of ether oxygens (including phenoxy) is 1. The first kappa shape index (κ1) is 8.45. The average molecular weight is 127 g/mol. The molecule has 1 unspecified atom stereocenters. The SMILES string of the molecule is [C-]#[N+]CCC(CC)OC. The van der Waals surface area contributed by atoms with E-state index in [2.05, 4.69) is 11.8 Å². The lowest BCUT2D eigenvalue weighted by Gasteiger charge is -2.07. The van der Waals surface area contributed by atoms with Gasteiger partial charge in [0.25, 0.3) is 0 Å². The van der Waals surface area contributed by atoms with E-state index < -0.39 is 0 Å². The Labute approximate surface area is 56.6 Å². The molecule has 0 radical (unpaired) electrons. The predicted octanol–water partition coefficient (Wildman–Crippen LogP) is 1.72. The van der Waals surface area contributed by atoms with Crippen LogP contribution in [0.15, 0.2) is 0 Å². The Bertz CT molecular complexity index is 91.6. The van der Waals surface area contributed by atoms with E-state index in [9.17, 15) is 0 Å². The molecule has 0 saturated carbocycles. The fraction of sp³-hybridized carbons (Fsp3) is 0.857. The van der Waals surface area contributed by atoms with E-state index in [4.69, 9.17) is 11.3 Å². The molecular formula is C7H13NO. The maximum atomic E-state index is 6.52. The van der Waals surface area contributed by atoms with E-state index in [1.165, 1.54) is 0 Å². The standard InChI is InChI=1S/C7H13NO/c1-4-7(9-3)5-6-8-2/h7H,4-6H2,1,3H3. The molecule has 0 aliphatic rings. The highest BCUT2D eigenvalue weighted by Crippen LogP contribution is 2.00. The van der Waals surface area contributed by atoms with Crippen molar-refractivity contribution >= 4 is 0 Å². The quantitative estimate of drug-likeness (QED) is 0.524. The van der Waals surface area contributed by atoms with E-state index in [0.29, 0.717) is 12.6 Å². The van der Waals surface area contributed by atoms with Crippen LogP contribution in [0.4, 0.5) is 0 Å². The van der Waals surface area contributed by atoms with Gasteiger partial charge < -0.3 is 9.58 Å². The van der Waals surface area contributed by atoms with Crippen LogP contribution in [0.2, 0.25) is 0 Å². The van der Waals surface area contributed by atoms with Crippen LogP contribution in [-0.2, 0) is 4.74 Å². The van der Waals surface area contributed by atoms with Crippen LogP contribution in [0.3, 0.4) is 0 Å². The molecule has 9 heavy (non-hydrogen) atoms. The van der Waals surface area contributed by atoms with Gasteiger partial charge in [0.15, 0.2) is 0 Å². The smallest absolute Gasteiger partial charge is 0.217 e. The third-order valence-corrected chi connectivity index (χ3v) is 1.35. The van der Waals surface area contributed by atoms with Crippen LogP contribution in [0.5, 0.6) is 0 Å². The normalized spacial score (nSPS) is 12.6. The van der Waals surface area contributed by atoms with Gasteiger partial charge in [-0.1, -0.05) is 6.92 Å². The molecule has 52 valence electrons. The van der Waals surface area contributed by atoms with Gasteiger partial charge in [-0.05, 0) is 6.42 Å². The molecule has 1 atom stereocenters. The monoisotopic (exact) mass is 127 g/mol. The Morgan fingerprint density at radius 3 is 2.67 bits per heavy atom. The Balaban J connectivity index is 3.22.